The number of benzene rings is 1. The van der Waals surface area contributed by atoms with Gasteiger partial charge in [0.25, 0.3) is 0 Å². The molecule has 0 N–H and O–H groups in total. The number of aromatic nitrogens is 1. The van der Waals surface area contributed by atoms with E-state index in [0.29, 0.717) is 5.02 Å². The fraction of sp³-hybridized carbons (Fsp3) is 0.357. The number of halogens is 1. The third kappa shape index (κ3) is 2.22. The molecule has 0 bridgehead atoms. The molecule has 3 heteroatoms. The normalized spacial score (nSPS) is 11.0. The number of unbranched alkanes of at least 4 members (excludes halogenated alkanes) is 1. The van der Waals surface area contributed by atoms with E-state index in [0.717, 1.165) is 35.9 Å². The minimum atomic E-state index is 0.0903. The molecule has 0 spiro atoms. The Bertz CT molecular complexity index is 557. The summed E-state index contributed by atoms with van der Waals surface area (Å²) in [5, 5.41) is 1.67. The summed E-state index contributed by atoms with van der Waals surface area (Å²) in [6.07, 6.45) is 4.14. The van der Waals surface area contributed by atoms with Crippen LogP contribution >= 0.6 is 11.6 Å². The monoisotopic (exact) mass is 249 g/mol. The zero-order chi connectivity index (χ0) is 12.4. The number of aryl methyl sites for hydroxylation is 1. The molecule has 90 valence electrons. The van der Waals surface area contributed by atoms with Crippen LogP contribution in [0.3, 0.4) is 0 Å². The number of carbonyl (C=O) groups is 1. The van der Waals surface area contributed by atoms with Crippen molar-refractivity contribution in [3.63, 3.8) is 0 Å². The molecule has 0 aliphatic rings. The van der Waals surface area contributed by atoms with Gasteiger partial charge in [0, 0.05) is 23.7 Å². The highest BCUT2D eigenvalue weighted by atomic mass is 35.5. The van der Waals surface area contributed by atoms with Crippen molar-refractivity contribution < 1.29 is 4.79 Å². The first-order valence-corrected chi connectivity index (χ1v) is 6.31. The van der Waals surface area contributed by atoms with Gasteiger partial charge in [0.15, 0.2) is 5.78 Å². The maximum absolute atomic E-state index is 11.6. The van der Waals surface area contributed by atoms with Gasteiger partial charge in [-0.2, -0.15) is 0 Å². The van der Waals surface area contributed by atoms with E-state index in [1.165, 1.54) is 0 Å². The molecule has 17 heavy (non-hydrogen) atoms. The Kier molecular flexibility index (Phi) is 3.53. The fourth-order valence-corrected chi connectivity index (χ4v) is 2.38. The molecule has 0 radical (unpaired) electrons. The summed E-state index contributed by atoms with van der Waals surface area (Å²) >= 11 is 6.23. The van der Waals surface area contributed by atoms with Gasteiger partial charge in [-0.15, -0.1) is 0 Å². The number of hydrogen-bond donors (Lipinski definition) is 0. The Morgan fingerprint density at radius 1 is 1.41 bits per heavy atom. The van der Waals surface area contributed by atoms with Crippen molar-refractivity contribution in [3.8, 4) is 0 Å². The molecule has 0 saturated carbocycles. The second kappa shape index (κ2) is 4.92. The van der Waals surface area contributed by atoms with E-state index >= 15 is 0 Å². The maximum atomic E-state index is 11.6. The smallest absolute Gasteiger partial charge is 0.161 e. The number of para-hydroxylation sites is 1. The minimum absolute atomic E-state index is 0.0903. The zero-order valence-electron chi connectivity index (χ0n) is 10.2. The van der Waals surface area contributed by atoms with Gasteiger partial charge in [0.1, 0.15) is 0 Å². The van der Waals surface area contributed by atoms with Gasteiger partial charge in [0.05, 0.1) is 10.5 Å². The lowest BCUT2D eigenvalue weighted by Gasteiger charge is -2.04. The van der Waals surface area contributed by atoms with Crippen LogP contribution in [0.25, 0.3) is 10.9 Å². The van der Waals surface area contributed by atoms with Crippen molar-refractivity contribution in [1.29, 1.82) is 0 Å². The molecule has 0 aliphatic carbocycles. The summed E-state index contributed by atoms with van der Waals surface area (Å²) in [4.78, 5) is 11.6. The molecule has 0 atom stereocenters. The van der Waals surface area contributed by atoms with Crippen LogP contribution in [0.2, 0.25) is 5.02 Å². The lowest BCUT2D eigenvalue weighted by atomic mass is 10.1. The van der Waals surface area contributed by atoms with Crippen molar-refractivity contribution >= 4 is 28.3 Å². The molecule has 0 amide bonds. The van der Waals surface area contributed by atoms with Crippen LogP contribution in [0.4, 0.5) is 0 Å². The molecule has 0 unspecified atom stereocenters. The van der Waals surface area contributed by atoms with Crippen LogP contribution in [0, 0.1) is 0 Å². The van der Waals surface area contributed by atoms with Gasteiger partial charge in [-0.1, -0.05) is 37.1 Å². The number of fused-ring (bicyclic) bond motifs is 1. The summed E-state index contributed by atoms with van der Waals surface area (Å²) < 4.78 is 2.10. The molecule has 1 aromatic carbocycles. The van der Waals surface area contributed by atoms with Gasteiger partial charge < -0.3 is 4.57 Å². The van der Waals surface area contributed by atoms with Gasteiger partial charge in [-0.05, 0) is 19.4 Å². The first-order valence-electron chi connectivity index (χ1n) is 5.93. The van der Waals surface area contributed by atoms with E-state index in [4.69, 9.17) is 11.6 Å². The quantitative estimate of drug-likeness (QED) is 0.741. The van der Waals surface area contributed by atoms with Gasteiger partial charge in [-0.25, -0.2) is 0 Å². The summed E-state index contributed by atoms with van der Waals surface area (Å²) in [7, 11) is 0. The highest BCUT2D eigenvalue weighted by Gasteiger charge is 2.13. The van der Waals surface area contributed by atoms with Crippen molar-refractivity contribution in [2.75, 3.05) is 0 Å². The average molecular weight is 250 g/mol. The summed E-state index contributed by atoms with van der Waals surface area (Å²) in [6, 6.07) is 5.72. The van der Waals surface area contributed by atoms with Crippen LogP contribution in [0.5, 0.6) is 0 Å². The standard InChI is InChI=1S/C14H16ClNO/c1-3-4-8-16-9-12(10(2)17)11-6-5-7-13(15)14(11)16/h5-7,9H,3-4,8H2,1-2H3. The third-order valence-corrected chi connectivity index (χ3v) is 3.29. The van der Waals surface area contributed by atoms with Crippen LogP contribution in [-0.4, -0.2) is 10.4 Å². The fourth-order valence-electron chi connectivity index (χ4n) is 2.10. The number of ketones is 1. The number of carbonyl (C=O) groups excluding carboxylic acids is 1. The lowest BCUT2D eigenvalue weighted by Crippen LogP contribution is -1.96. The van der Waals surface area contributed by atoms with E-state index in [1.54, 1.807) is 6.92 Å². The van der Waals surface area contributed by atoms with Crippen molar-refractivity contribution in [1.82, 2.24) is 4.57 Å². The number of Topliss-reactive ketones (excluding diaryl/α,β-unsaturated/α-hetero) is 1. The molecule has 0 fully saturated rings. The molecule has 0 aliphatic heterocycles. The van der Waals surface area contributed by atoms with Gasteiger partial charge >= 0.3 is 0 Å². The van der Waals surface area contributed by atoms with Crippen LogP contribution in [0.15, 0.2) is 24.4 Å². The highest BCUT2D eigenvalue weighted by Crippen LogP contribution is 2.28. The molecule has 1 heterocycles. The van der Waals surface area contributed by atoms with Crippen molar-refractivity contribution in [2.24, 2.45) is 0 Å². The van der Waals surface area contributed by atoms with Crippen LogP contribution < -0.4 is 0 Å². The Hall–Kier alpha value is -1.28. The predicted octanol–water partition coefficient (Wildman–Crippen LogP) is 4.30. The highest BCUT2D eigenvalue weighted by molar-refractivity contribution is 6.35. The Morgan fingerprint density at radius 3 is 2.82 bits per heavy atom. The second-order valence-electron chi connectivity index (χ2n) is 4.28. The van der Waals surface area contributed by atoms with E-state index in [2.05, 4.69) is 11.5 Å². The zero-order valence-corrected chi connectivity index (χ0v) is 10.9. The molecule has 0 saturated heterocycles. The van der Waals surface area contributed by atoms with Crippen LogP contribution in [-0.2, 0) is 6.54 Å². The number of hydrogen-bond acceptors (Lipinski definition) is 1. The molecular formula is C14H16ClNO. The molecule has 2 nitrogen and oxygen atoms in total. The van der Waals surface area contributed by atoms with Gasteiger partial charge in [0.2, 0.25) is 0 Å². The average Bonchev–Trinajstić information content (AvgIpc) is 2.67. The van der Waals surface area contributed by atoms with Crippen LogP contribution in [0.1, 0.15) is 37.0 Å². The van der Waals surface area contributed by atoms with E-state index < -0.39 is 0 Å². The lowest BCUT2D eigenvalue weighted by molar-refractivity contribution is 0.101. The first-order chi connectivity index (χ1) is 8.15. The number of nitrogens with zero attached hydrogens (tertiary/aromatic N) is 1. The minimum Gasteiger partial charge on any atom is -0.346 e. The SMILES string of the molecule is CCCCn1cc(C(C)=O)c2cccc(Cl)c21. The second-order valence-corrected chi connectivity index (χ2v) is 4.69. The van der Waals surface area contributed by atoms with E-state index in [1.807, 2.05) is 24.4 Å². The Labute approximate surface area is 106 Å². The van der Waals surface area contributed by atoms with Crippen molar-refractivity contribution in [2.45, 2.75) is 33.2 Å². The summed E-state index contributed by atoms with van der Waals surface area (Å²) in [6.45, 7) is 4.66. The summed E-state index contributed by atoms with van der Waals surface area (Å²) in [5.41, 5.74) is 1.74. The number of rotatable bonds is 4. The molecular weight excluding hydrogens is 234 g/mol. The molecule has 2 rings (SSSR count). The Morgan fingerprint density at radius 2 is 2.18 bits per heavy atom. The third-order valence-electron chi connectivity index (χ3n) is 2.98. The van der Waals surface area contributed by atoms with Gasteiger partial charge in [-0.3, -0.25) is 4.79 Å². The first kappa shape index (κ1) is 12.2. The van der Waals surface area contributed by atoms with E-state index in [9.17, 15) is 4.79 Å². The summed E-state index contributed by atoms with van der Waals surface area (Å²) in [5.74, 6) is 0.0903. The predicted molar refractivity (Wildman–Crippen MR) is 71.9 cm³/mol. The molecule has 2 aromatic rings. The Balaban J connectivity index is 2.63. The topological polar surface area (TPSA) is 22.0 Å². The van der Waals surface area contributed by atoms with Crippen molar-refractivity contribution in [3.05, 3.63) is 35.0 Å². The molecule has 1 aromatic heterocycles. The van der Waals surface area contributed by atoms with E-state index in [-0.39, 0.29) is 5.78 Å². The maximum Gasteiger partial charge on any atom is 0.161 e. The largest absolute Gasteiger partial charge is 0.346 e.